The third kappa shape index (κ3) is 2.86. The molecule has 0 spiro atoms. The quantitative estimate of drug-likeness (QED) is 0.841. The molecular formula is C16H24O2S. The van der Waals surface area contributed by atoms with Crippen molar-refractivity contribution < 1.29 is 8.42 Å². The smallest absolute Gasteiger partial charge is 0.155 e. The second kappa shape index (κ2) is 5.66. The van der Waals surface area contributed by atoms with Crippen molar-refractivity contribution in [2.45, 2.75) is 56.5 Å². The van der Waals surface area contributed by atoms with Crippen LogP contribution in [0.15, 0.2) is 30.3 Å². The van der Waals surface area contributed by atoms with Crippen LogP contribution in [0.4, 0.5) is 0 Å². The Kier molecular flexibility index (Phi) is 4.34. The molecule has 3 unspecified atom stereocenters. The van der Waals surface area contributed by atoms with Crippen LogP contribution in [0.2, 0.25) is 0 Å². The van der Waals surface area contributed by atoms with E-state index in [2.05, 4.69) is 12.1 Å². The SMILES string of the molecule is CC(C)S(=O)(=O)C(C)C1CCCC1c1ccccc1. The Morgan fingerprint density at radius 3 is 2.26 bits per heavy atom. The fraction of sp³-hybridized carbons (Fsp3) is 0.625. The van der Waals surface area contributed by atoms with E-state index in [1.54, 1.807) is 13.8 Å². The average Bonchev–Trinajstić information content (AvgIpc) is 2.87. The molecule has 2 rings (SSSR count). The van der Waals surface area contributed by atoms with Crippen LogP contribution in [0.3, 0.4) is 0 Å². The zero-order valence-corrected chi connectivity index (χ0v) is 12.9. The van der Waals surface area contributed by atoms with Crippen molar-refractivity contribution in [3.63, 3.8) is 0 Å². The first-order valence-corrected chi connectivity index (χ1v) is 8.83. The van der Waals surface area contributed by atoms with Crippen molar-refractivity contribution >= 4 is 9.84 Å². The van der Waals surface area contributed by atoms with Crippen LogP contribution in [0.5, 0.6) is 0 Å². The lowest BCUT2D eigenvalue weighted by Crippen LogP contribution is -2.33. The lowest BCUT2D eigenvalue weighted by molar-refractivity contribution is 0.453. The average molecular weight is 280 g/mol. The van der Waals surface area contributed by atoms with Gasteiger partial charge in [-0.25, -0.2) is 8.42 Å². The normalized spacial score (nSPS) is 25.7. The summed E-state index contributed by atoms with van der Waals surface area (Å²) < 4.78 is 24.8. The van der Waals surface area contributed by atoms with E-state index in [-0.39, 0.29) is 16.4 Å². The third-order valence-corrected chi connectivity index (χ3v) is 7.28. The molecule has 0 amide bonds. The molecule has 1 aliphatic carbocycles. The van der Waals surface area contributed by atoms with Crippen LogP contribution in [0.25, 0.3) is 0 Å². The molecule has 0 saturated heterocycles. The van der Waals surface area contributed by atoms with Crippen molar-refractivity contribution in [2.75, 3.05) is 0 Å². The fourth-order valence-electron chi connectivity index (χ4n) is 3.34. The lowest BCUT2D eigenvalue weighted by atomic mass is 9.87. The molecule has 0 bridgehead atoms. The minimum atomic E-state index is -3.00. The van der Waals surface area contributed by atoms with Crippen molar-refractivity contribution in [2.24, 2.45) is 5.92 Å². The molecular weight excluding hydrogens is 256 g/mol. The first-order chi connectivity index (χ1) is 8.94. The van der Waals surface area contributed by atoms with Gasteiger partial charge >= 0.3 is 0 Å². The van der Waals surface area contributed by atoms with Crippen LogP contribution < -0.4 is 0 Å². The van der Waals surface area contributed by atoms with Crippen LogP contribution in [-0.4, -0.2) is 18.9 Å². The molecule has 106 valence electrons. The van der Waals surface area contributed by atoms with E-state index in [1.807, 2.05) is 25.1 Å². The topological polar surface area (TPSA) is 34.1 Å². The highest BCUT2D eigenvalue weighted by atomic mass is 32.2. The number of sulfone groups is 1. The molecule has 3 heteroatoms. The van der Waals surface area contributed by atoms with Crippen molar-refractivity contribution in [1.29, 1.82) is 0 Å². The summed E-state index contributed by atoms with van der Waals surface area (Å²) in [5, 5.41) is -0.514. The van der Waals surface area contributed by atoms with Crippen molar-refractivity contribution in [3.05, 3.63) is 35.9 Å². The van der Waals surface area contributed by atoms with E-state index >= 15 is 0 Å². The van der Waals surface area contributed by atoms with Crippen LogP contribution in [0.1, 0.15) is 51.5 Å². The standard InChI is InChI=1S/C16H24O2S/c1-12(2)19(17,18)13(3)15-10-7-11-16(15)14-8-5-4-6-9-14/h4-6,8-9,12-13,15-16H,7,10-11H2,1-3H3. The Labute approximate surface area is 117 Å². The van der Waals surface area contributed by atoms with E-state index < -0.39 is 9.84 Å². The maximum atomic E-state index is 12.4. The molecule has 1 saturated carbocycles. The van der Waals surface area contributed by atoms with Gasteiger partial charge in [0.2, 0.25) is 0 Å². The van der Waals surface area contributed by atoms with E-state index in [0.29, 0.717) is 5.92 Å². The molecule has 2 nitrogen and oxygen atoms in total. The Balaban J connectivity index is 2.25. The molecule has 1 aromatic rings. The highest BCUT2D eigenvalue weighted by Crippen LogP contribution is 2.43. The zero-order valence-electron chi connectivity index (χ0n) is 12.0. The second-order valence-electron chi connectivity index (χ2n) is 5.95. The monoisotopic (exact) mass is 280 g/mol. The number of hydrogen-bond donors (Lipinski definition) is 0. The van der Waals surface area contributed by atoms with Crippen LogP contribution in [0, 0.1) is 5.92 Å². The van der Waals surface area contributed by atoms with Gasteiger partial charge in [0.1, 0.15) is 0 Å². The predicted octanol–water partition coefficient (Wildman–Crippen LogP) is 3.78. The van der Waals surface area contributed by atoms with Crippen molar-refractivity contribution in [3.8, 4) is 0 Å². The molecule has 3 atom stereocenters. The van der Waals surface area contributed by atoms with Gasteiger partial charge in [-0.1, -0.05) is 36.8 Å². The number of rotatable bonds is 4. The highest BCUT2D eigenvalue weighted by Gasteiger charge is 2.39. The van der Waals surface area contributed by atoms with Crippen molar-refractivity contribution in [1.82, 2.24) is 0 Å². The molecule has 1 aliphatic rings. The van der Waals surface area contributed by atoms with Crippen LogP contribution >= 0.6 is 0 Å². The summed E-state index contributed by atoms with van der Waals surface area (Å²) in [7, 11) is -3.00. The molecule has 0 aromatic heterocycles. The van der Waals surface area contributed by atoms with Gasteiger partial charge in [0.25, 0.3) is 0 Å². The summed E-state index contributed by atoms with van der Waals surface area (Å²) in [6.45, 7) is 5.48. The zero-order chi connectivity index (χ0) is 14.0. The molecule has 19 heavy (non-hydrogen) atoms. The van der Waals surface area contributed by atoms with E-state index in [0.717, 1.165) is 19.3 Å². The first-order valence-electron chi connectivity index (χ1n) is 7.22. The van der Waals surface area contributed by atoms with Gasteiger partial charge in [0.15, 0.2) is 9.84 Å². The van der Waals surface area contributed by atoms with E-state index in [1.165, 1.54) is 5.56 Å². The van der Waals surface area contributed by atoms with E-state index in [9.17, 15) is 8.42 Å². The predicted molar refractivity (Wildman–Crippen MR) is 80.0 cm³/mol. The number of benzene rings is 1. The van der Waals surface area contributed by atoms with E-state index in [4.69, 9.17) is 0 Å². The van der Waals surface area contributed by atoms with Gasteiger partial charge in [-0.05, 0) is 51.0 Å². The lowest BCUT2D eigenvalue weighted by Gasteiger charge is -2.27. The van der Waals surface area contributed by atoms with Gasteiger partial charge in [-0.2, -0.15) is 0 Å². The maximum absolute atomic E-state index is 12.4. The molecule has 0 N–H and O–H groups in total. The Morgan fingerprint density at radius 2 is 1.68 bits per heavy atom. The minimum absolute atomic E-state index is 0.236. The maximum Gasteiger partial charge on any atom is 0.155 e. The molecule has 1 fully saturated rings. The largest absolute Gasteiger partial charge is 0.228 e. The first kappa shape index (κ1) is 14.6. The summed E-state index contributed by atoms with van der Waals surface area (Å²) in [5.41, 5.74) is 1.30. The Hall–Kier alpha value is -0.830. The summed E-state index contributed by atoms with van der Waals surface area (Å²) >= 11 is 0. The van der Waals surface area contributed by atoms with Gasteiger partial charge in [-0.3, -0.25) is 0 Å². The summed E-state index contributed by atoms with van der Waals surface area (Å²) in [4.78, 5) is 0. The Bertz CT molecular complexity index is 505. The highest BCUT2D eigenvalue weighted by molar-refractivity contribution is 7.92. The summed E-state index contributed by atoms with van der Waals surface area (Å²) in [6, 6.07) is 10.4. The Morgan fingerprint density at radius 1 is 1.05 bits per heavy atom. The minimum Gasteiger partial charge on any atom is -0.228 e. The molecule has 0 aliphatic heterocycles. The third-order valence-electron chi connectivity index (χ3n) is 4.58. The van der Waals surface area contributed by atoms with Gasteiger partial charge in [0.05, 0.1) is 10.5 Å². The van der Waals surface area contributed by atoms with Gasteiger partial charge in [0, 0.05) is 0 Å². The van der Waals surface area contributed by atoms with Gasteiger partial charge < -0.3 is 0 Å². The summed E-state index contributed by atoms with van der Waals surface area (Å²) in [6.07, 6.45) is 3.29. The fourth-order valence-corrected chi connectivity index (χ4v) is 5.01. The number of hydrogen-bond acceptors (Lipinski definition) is 2. The molecule has 0 radical (unpaired) electrons. The van der Waals surface area contributed by atoms with Crippen LogP contribution in [-0.2, 0) is 9.84 Å². The van der Waals surface area contributed by atoms with Gasteiger partial charge in [-0.15, -0.1) is 0 Å². The summed E-state index contributed by atoms with van der Waals surface area (Å²) in [5.74, 6) is 0.680. The second-order valence-corrected chi connectivity index (χ2v) is 8.82. The molecule has 0 heterocycles. The molecule has 1 aromatic carbocycles.